The lowest BCUT2D eigenvalue weighted by Crippen LogP contribution is -2.35. The summed E-state index contributed by atoms with van der Waals surface area (Å²) < 4.78 is 16.3. The second kappa shape index (κ2) is 7.89. The van der Waals surface area contributed by atoms with Crippen molar-refractivity contribution in [3.8, 4) is 17.2 Å². The number of benzene rings is 2. The number of hydrogen-bond acceptors (Lipinski definition) is 5. The molecule has 2 amide bonds. The largest absolute Gasteiger partial charge is 0.492 e. The van der Waals surface area contributed by atoms with Gasteiger partial charge < -0.3 is 24.4 Å². The Morgan fingerprint density at radius 1 is 1.10 bits per heavy atom. The van der Waals surface area contributed by atoms with Crippen LogP contribution in [0.3, 0.4) is 0 Å². The highest BCUT2D eigenvalue weighted by Gasteiger charge is 2.35. The topological polar surface area (TPSA) is 77.1 Å². The standard InChI is InChI=1S/C23H24N2O5/c26-22-11-17(13-25(22)18-5-4-15-2-1-3-16(15)10-18)23(27)24-8-9-28-19-6-7-20-21(12-19)30-14-29-20/h4-7,10,12,17H,1-3,8-9,11,13-14H2,(H,24,27). The minimum Gasteiger partial charge on any atom is -0.492 e. The number of nitrogens with one attached hydrogen (secondary N) is 1. The summed E-state index contributed by atoms with van der Waals surface area (Å²) in [5.74, 6) is 1.58. The van der Waals surface area contributed by atoms with Crippen molar-refractivity contribution >= 4 is 17.5 Å². The number of carbonyl (C=O) groups excluding carboxylic acids is 2. The smallest absolute Gasteiger partial charge is 0.231 e. The first-order chi connectivity index (χ1) is 14.7. The first-order valence-electron chi connectivity index (χ1n) is 10.4. The van der Waals surface area contributed by atoms with Crippen molar-refractivity contribution in [1.82, 2.24) is 5.32 Å². The molecule has 1 unspecified atom stereocenters. The molecule has 0 saturated carbocycles. The normalized spacial score (nSPS) is 19.1. The van der Waals surface area contributed by atoms with Gasteiger partial charge in [-0.15, -0.1) is 0 Å². The lowest BCUT2D eigenvalue weighted by atomic mass is 10.1. The van der Waals surface area contributed by atoms with Crippen molar-refractivity contribution in [2.75, 3.05) is 31.4 Å². The molecule has 7 heteroatoms. The van der Waals surface area contributed by atoms with Gasteiger partial charge in [0, 0.05) is 24.7 Å². The van der Waals surface area contributed by atoms with E-state index >= 15 is 0 Å². The van der Waals surface area contributed by atoms with Crippen LogP contribution in [0.15, 0.2) is 36.4 Å². The van der Waals surface area contributed by atoms with Gasteiger partial charge in [-0.05, 0) is 54.7 Å². The second-order valence-electron chi connectivity index (χ2n) is 7.87. The number of carbonyl (C=O) groups is 2. The monoisotopic (exact) mass is 408 g/mol. The van der Waals surface area contributed by atoms with Crippen molar-refractivity contribution in [3.05, 3.63) is 47.5 Å². The van der Waals surface area contributed by atoms with Crippen molar-refractivity contribution in [3.63, 3.8) is 0 Å². The minimum absolute atomic E-state index is 0.00436. The Hall–Kier alpha value is -3.22. The van der Waals surface area contributed by atoms with E-state index in [-0.39, 0.29) is 30.9 Å². The molecular weight excluding hydrogens is 384 g/mol. The molecule has 2 aliphatic heterocycles. The summed E-state index contributed by atoms with van der Waals surface area (Å²) in [4.78, 5) is 26.8. The van der Waals surface area contributed by atoms with Crippen LogP contribution in [-0.2, 0) is 22.4 Å². The maximum absolute atomic E-state index is 12.5. The minimum atomic E-state index is -0.337. The highest BCUT2D eigenvalue weighted by molar-refractivity contribution is 6.00. The molecular formula is C23H24N2O5. The number of rotatable bonds is 6. The molecule has 5 rings (SSSR count). The Morgan fingerprint density at radius 3 is 2.90 bits per heavy atom. The Kier molecular flexibility index (Phi) is 4.94. The van der Waals surface area contributed by atoms with Crippen LogP contribution in [0.2, 0.25) is 0 Å². The summed E-state index contributed by atoms with van der Waals surface area (Å²) in [6, 6.07) is 11.6. The molecule has 2 aromatic rings. The van der Waals surface area contributed by atoms with Crippen LogP contribution >= 0.6 is 0 Å². The Morgan fingerprint density at radius 2 is 1.97 bits per heavy atom. The average molecular weight is 408 g/mol. The first-order valence-corrected chi connectivity index (χ1v) is 10.4. The van der Waals surface area contributed by atoms with Crippen LogP contribution < -0.4 is 24.4 Å². The Labute approximate surface area is 174 Å². The van der Waals surface area contributed by atoms with Crippen LogP contribution in [0, 0.1) is 5.92 Å². The van der Waals surface area contributed by atoms with E-state index < -0.39 is 0 Å². The van der Waals surface area contributed by atoms with Crippen molar-refractivity contribution in [2.24, 2.45) is 5.92 Å². The third-order valence-electron chi connectivity index (χ3n) is 5.90. The van der Waals surface area contributed by atoms with Gasteiger partial charge in [0.25, 0.3) is 0 Å². The molecule has 7 nitrogen and oxygen atoms in total. The highest BCUT2D eigenvalue weighted by atomic mass is 16.7. The number of aryl methyl sites for hydroxylation is 2. The lowest BCUT2D eigenvalue weighted by Gasteiger charge is -2.18. The van der Waals surface area contributed by atoms with Gasteiger partial charge in [0.2, 0.25) is 18.6 Å². The van der Waals surface area contributed by atoms with E-state index in [2.05, 4.69) is 17.4 Å². The molecule has 30 heavy (non-hydrogen) atoms. The third-order valence-corrected chi connectivity index (χ3v) is 5.90. The summed E-state index contributed by atoms with van der Waals surface area (Å²) in [7, 11) is 0. The number of fused-ring (bicyclic) bond motifs is 2. The molecule has 1 atom stereocenters. The SMILES string of the molecule is O=C(NCCOc1ccc2c(c1)OCO2)C1CC(=O)N(c2ccc3c(c2)CCC3)C1. The van der Waals surface area contributed by atoms with Crippen molar-refractivity contribution in [2.45, 2.75) is 25.7 Å². The molecule has 3 aliphatic rings. The highest BCUT2D eigenvalue weighted by Crippen LogP contribution is 2.35. The van der Waals surface area contributed by atoms with Crippen LogP contribution in [-0.4, -0.2) is 38.3 Å². The van der Waals surface area contributed by atoms with Crippen molar-refractivity contribution in [1.29, 1.82) is 0 Å². The fourth-order valence-corrected chi connectivity index (χ4v) is 4.31. The zero-order valence-corrected chi connectivity index (χ0v) is 16.7. The zero-order chi connectivity index (χ0) is 20.5. The van der Waals surface area contributed by atoms with Crippen LogP contribution in [0.4, 0.5) is 5.69 Å². The fourth-order valence-electron chi connectivity index (χ4n) is 4.31. The van der Waals surface area contributed by atoms with Crippen LogP contribution in [0.1, 0.15) is 24.0 Å². The molecule has 1 N–H and O–H groups in total. The van der Waals surface area contributed by atoms with Gasteiger partial charge in [-0.1, -0.05) is 6.07 Å². The van der Waals surface area contributed by atoms with Gasteiger partial charge in [0.1, 0.15) is 12.4 Å². The van der Waals surface area contributed by atoms with Crippen LogP contribution in [0.25, 0.3) is 0 Å². The van der Waals surface area contributed by atoms with E-state index in [0.717, 1.165) is 18.5 Å². The molecule has 0 spiro atoms. The summed E-state index contributed by atoms with van der Waals surface area (Å²) >= 11 is 0. The van der Waals surface area contributed by atoms with Gasteiger partial charge in [-0.2, -0.15) is 0 Å². The third kappa shape index (κ3) is 3.67. The lowest BCUT2D eigenvalue weighted by molar-refractivity contribution is -0.126. The number of hydrogen-bond donors (Lipinski definition) is 1. The zero-order valence-electron chi connectivity index (χ0n) is 16.7. The van der Waals surface area contributed by atoms with Gasteiger partial charge in [0.15, 0.2) is 11.5 Å². The molecule has 1 aliphatic carbocycles. The molecule has 1 fully saturated rings. The molecule has 0 bridgehead atoms. The fraction of sp³-hybridized carbons (Fsp3) is 0.391. The number of nitrogens with zero attached hydrogens (tertiary/aromatic N) is 1. The quantitative estimate of drug-likeness (QED) is 0.743. The number of amides is 2. The van der Waals surface area contributed by atoms with E-state index in [1.807, 2.05) is 6.07 Å². The molecule has 156 valence electrons. The Balaban J connectivity index is 1.11. The van der Waals surface area contributed by atoms with Crippen molar-refractivity contribution < 1.29 is 23.8 Å². The molecule has 2 aromatic carbocycles. The van der Waals surface area contributed by atoms with E-state index in [1.165, 1.54) is 17.5 Å². The molecule has 0 aromatic heterocycles. The molecule has 0 radical (unpaired) electrons. The predicted octanol–water partition coefficient (Wildman–Crippen LogP) is 2.45. The molecule has 1 saturated heterocycles. The van der Waals surface area contributed by atoms with Gasteiger partial charge in [-0.3, -0.25) is 9.59 Å². The van der Waals surface area contributed by atoms with Crippen LogP contribution in [0.5, 0.6) is 17.2 Å². The number of anilines is 1. The second-order valence-corrected chi connectivity index (χ2v) is 7.87. The first kappa shape index (κ1) is 18.8. The van der Waals surface area contributed by atoms with E-state index in [9.17, 15) is 9.59 Å². The summed E-state index contributed by atoms with van der Waals surface area (Å²) in [5.41, 5.74) is 3.61. The Bertz CT molecular complexity index is 990. The van der Waals surface area contributed by atoms with E-state index in [1.54, 1.807) is 23.1 Å². The predicted molar refractivity (Wildman–Crippen MR) is 110 cm³/mol. The maximum Gasteiger partial charge on any atom is 0.231 e. The average Bonchev–Trinajstić information content (AvgIpc) is 3.49. The maximum atomic E-state index is 12.5. The van der Waals surface area contributed by atoms with Gasteiger partial charge in [0.05, 0.1) is 12.5 Å². The van der Waals surface area contributed by atoms with E-state index in [4.69, 9.17) is 14.2 Å². The van der Waals surface area contributed by atoms with Gasteiger partial charge in [-0.25, -0.2) is 0 Å². The number of ether oxygens (including phenoxy) is 3. The van der Waals surface area contributed by atoms with Gasteiger partial charge >= 0.3 is 0 Å². The summed E-state index contributed by atoms with van der Waals surface area (Å²) in [6.07, 6.45) is 3.60. The summed E-state index contributed by atoms with van der Waals surface area (Å²) in [6.45, 7) is 1.35. The van der Waals surface area contributed by atoms with E-state index in [0.29, 0.717) is 36.9 Å². The molecule has 2 heterocycles. The summed E-state index contributed by atoms with van der Waals surface area (Å²) in [5, 5.41) is 2.88.